The molecule has 0 bridgehead atoms. The molecule has 1 atom stereocenters. The van der Waals surface area contributed by atoms with E-state index in [0.717, 1.165) is 14.5 Å². The van der Waals surface area contributed by atoms with Crippen LogP contribution in [0.25, 0.3) is 0 Å². The maximum Gasteiger partial charge on any atom is 0.254 e. The number of carbonyl (C=O) groups excluding carboxylic acids is 1. The van der Waals surface area contributed by atoms with Crippen LogP contribution in [0.5, 0.6) is 0 Å². The minimum atomic E-state index is 0.0938. The summed E-state index contributed by atoms with van der Waals surface area (Å²) >= 11 is 5.65. The summed E-state index contributed by atoms with van der Waals surface area (Å²) in [6.45, 7) is 1.90. The summed E-state index contributed by atoms with van der Waals surface area (Å²) < 4.78 is 6.47. The molecule has 5 heteroatoms. The molecule has 1 aliphatic heterocycles. The predicted molar refractivity (Wildman–Crippen MR) is 78.6 cm³/mol. The first kappa shape index (κ1) is 13.3. The average Bonchev–Trinajstić information content (AvgIpc) is 2.38. The number of alkyl halides is 1. The van der Waals surface area contributed by atoms with Gasteiger partial charge in [0.2, 0.25) is 0 Å². The van der Waals surface area contributed by atoms with Crippen molar-refractivity contribution < 1.29 is 9.53 Å². The number of carbonyl (C=O) groups is 1. The molecule has 1 saturated heterocycles. The number of rotatable bonds is 2. The minimum absolute atomic E-state index is 0.0938. The van der Waals surface area contributed by atoms with E-state index in [-0.39, 0.29) is 11.9 Å². The van der Waals surface area contributed by atoms with E-state index in [4.69, 9.17) is 4.74 Å². The lowest BCUT2D eigenvalue weighted by atomic mass is 10.1. The van der Waals surface area contributed by atoms with E-state index >= 15 is 0 Å². The highest BCUT2D eigenvalue weighted by Crippen LogP contribution is 2.16. The third kappa shape index (κ3) is 3.20. The standard InChI is InChI=1S/C12H13BrINO2/c13-7-11-8-17-5-4-15(11)12(16)9-2-1-3-10(14)6-9/h1-3,6,11H,4-5,7-8H2. The largest absolute Gasteiger partial charge is 0.377 e. The molecule has 1 unspecified atom stereocenters. The topological polar surface area (TPSA) is 29.5 Å². The van der Waals surface area contributed by atoms with E-state index in [9.17, 15) is 4.79 Å². The van der Waals surface area contributed by atoms with Gasteiger partial charge in [0.1, 0.15) is 0 Å². The van der Waals surface area contributed by atoms with E-state index in [0.29, 0.717) is 19.8 Å². The summed E-state index contributed by atoms with van der Waals surface area (Å²) in [6, 6.07) is 7.82. The van der Waals surface area contributed by atoms with E-state index in [1.165, 1.54) is 0 Å². The highest BCUT2D eigenvalue weighted by Gasteiger charge is 2.27. The van der Waals surface area contributed by atoms with Gasteiger partial charge in [-0.25, -0.2) is 0 Å². The zero-order valence-electron chi connectivity index (χ0n) is 9.23. The molecule has 1 heterocycles. The first-order valence-corrected chi connectivity index (χ1v) is 7.62. The summed E-state index contributed by atoms with van der Waals surface area (Å²) in [5, 5.41) is 0.753. The number of benzene rings is 1. The van der Waals surface area contributed by atoms with E-state index in [1.54, 1.807) is 0 Å². The Kier molecular flexibility index (Phi) is 4.81. The van der Waals surface area contributed by atoms with Crippen molar-refractivity contribution in [2.24, 2.45) is 0 Å². The molecular weight excluding hydrogens is 397 g/mol. The smallest absolute Gasteiger partial charge is 0.254 e. The van der Waals surface area contributed by atoms with Gasteiger partial charge in [-0.2, -0.15) is 0 Å². The Bertz CT molecular complexity index is 413. The van der Waals surface area contributed by atoms with Gasteiger partial charge in [0, 0.05) is 21.0 Å². The SMILES string of the molecule is O=C(c1cccc(I)c1)N1CCOCC1CBr. The quantitative estimate of drug-likeness (QED) is 0.554. The fourth-order valence-corrected chi connectivity index (χ4v) is 2.92. The van der Waals surface area contributed by atoms with Crippen molar-refractivity contribution in [1.29, 1.82) is 0 Å². The molecular formula is C12H13BrINO2. The Morgan fingerprint density at radius 2 is 2.41 bits per heavy atom. The lowest BCUT2D eigenvalue weighted by molar-refractivity contribution is 0.00524. The zero-order valence-corrected chi connectivity index (χ0v) is 13.0. The highest BCUT2D eigenvalue weighted by atomic mass is 127. The van der Waals surface area contributed by atoms with Crippen LogP contribution in [-0.2, 0) is 4.74 Å². The van der Waals surface area contributed by atoms with Crippen LogP contribution in [0, 0.1) is 3.57 Å². The number of ether oxygens (including phenoxy) is 1. The van der Waals surface area contributed by atoms with Gasteiger partial charge < -0.3 is 9.64 Å². The summed E-state index contributed by atoms with van der Waals surface area (Å²) in [4.78, 5) is 14.3. The number of hydrogen-bond donors (Lipinski definition) is 0. The van der Waals surface area contributed by atoms with E-state index in [1.807, 2.05) is 29.2 Å². The second kappa shape index (κ2) is 6.15. The van der Waals surface area contributed by atoms with Crippen LogP contribution >= 0.6 is 38.5 Å². The Morgan fingerprint density at radius 3 is 3.12 bits per heavy atom. The molecule has 2 rings (SSSR count). The highest BCUT2D eigenvalue weighted by molar-refractivity contribution is 14.1. The van der Waals surface area contributed by atoms with Crippen LogP contribution in [-0.4, -0.2) is 41.9 Å². The Hall–Kier alpha value is -0.140. The lowest BCUT2D eigenvalue weighted by Gasteiger charge is -2.34. The van der Waals surface area contributed by atoms with E-state index < -0.39 is 0 Å². The maximum absolute atomic E-state index is 12.4. The van der Waals surface area contributed by atoms with Gasteiger partial charge in [-0.05, 0) is 40.8 Å². The Balaban J connectivity index is 2.18. The van der Waals surface area contributed by atoms with Gasteiger partial charge in [-0.1, -0.05) is 22.0 Å². The molecule has 0 aromatic heterocycles. The normalized spacial score (nSPS) is 20.4. The van der Waals surface area contributed by atoms with Gasteiger partial charge in [0.05, 0.1) is 19.3 Å². The van der Waals surface area contributed by atoms with Crippen LogP contribution in [0.1, 0.15) is 10.4 Å². The van der Waals surface area contributed by atoms with Crippen LogP contribution in [0.15, 0.2) is 24.3 Å². The van der Waals surface area contributed by atoms with Crippen LogP contribution < -0.4 is 0 Å². The molecule has 0 spiro atoms. The van der Waals surface area contributed by atoms with Crippen molar-refractivity contribution in [2.45, 2.75) is 6.04 Å². The van der Waals surface area contributed by atoms with Crippen molar-refractivity contribution in [3.05, 3.63) is 33.4 Å². The summed E-state index contributed by atoms with van der Waals surface area (Å²) in [5.74, 6) is 0.0938. The molecule has 92 valence electrons. The van der Waals surface area contributed by atoms with Crippen molar-refractivity contribution in [2.75, 3.05) is 25.1 Å². The van der Waals surface area contributed by atoms with Crippen molar-refractivity contribution >= 4 is 44.4 Å². The van der Waals surface area contributed by atoms with Gasteiger partial charge in [-0.3, -0.25) is 4.79 Å². The molecule has 0 radical (unpaired) electrons. The summed E-state index contributed by atoms with van der Waals surface area (Å²) in [5.41, 5.74) is 0.754. The number of morpholine rings is 1. The van der Waals surface area contributed by atoms with Crippen molar-refractivity contribution in [3.8, 4) is 0 Å². The van der Waals surface area contributed by atoms with Gasteiger partial charge in [-0.15, -0.1) is 0 Å². The van der Waals surface area contributed by atoms with E-state index in [2.05, 4.69) is 38.5 Å². The average molecular weight is 410 g/mol. The lowest BCUT2D eigenvalue weighted by Crippen LogP contribution is -2.49. The summed E-state index contributed by atoms with van der Waals surface area (Å²) in [6.07, 6.45) is 0. The van der Waals surface area contributed by atoms with Gasteiger partial charge >= 0.3 is 0 Å². The Morgan fingerprint density at radius 1 is 1.59 bits per heavy atom. The van der Waals surface area contributed by atoms with Crippen LogP contribution in [0.3, 0.4) is 0 Å². The third-order valence-corrected chi connectivity index (χ3v) is 4.16. The molecule has 1 aromatic rings. The molecule has 3 nitrogen and oxygen atoms in total. The number of halogens is 2. The molecule has 0 aliphatic carbocycles. The molecule has 0 N–H and O–H groups in total. The van der Waals surface area contributed by atoms with Crippen molar-refractivity contribution in [1.82, 2.24) is 4.90 Å². The first-order valence-electron chi connectivity index (χ1n) is 5.42. The number of hydrogen-bond acceptors (Lipinski definition) is 2. The second-order valence-electron chi connectivity index (χ2n) is 3.89. The monoisotopic (exact) mass is 409 g/mol. The fourth-order valence-electron chi connectivity index (χ4n) is 1.84. The third-order valence-electron chi connectivity index (χ3n) is 2.74. The van der Waals surface area contributed by atoms with Gasteiger partial charge in [0.25, 0.3) is 5.91 Å². The van der Waals surface area contributed by atoms with Crippen LogP contribution in [0.2, 0.25) is 0 Å². The molecule has 1 aromatic carbocycles. The maximum atomic E-state index is 12.4. The minimum Gasteiger partial charge on any atom is -0.377 e. The number of nitrogens with zero attached hydrogens (tertiary/aromatic N) is 1. The zero-order chi connectivity index (χ0) is 12.3. The molecule has 1 aliphatic rings. The van der Waals surface area contributed by atoms with Crippen LogP contribution in [0.4, 0.5) is 0 Å². The predicted octanol–water partition coefficient (Wildman–Crippen LogP) is 2.53. The second-order valence-corrected chi connectivity index (χ2v) is 5.79. The van der Waals surface area contributed by atoms with Crippen molar-refractivity contribution in [3.63, 3.8) is 0 Å². The molecule has 1 fully saturated rings. The Labute approximate surface area is 123 Å². The fraction of sp³-hybridized carbons (Fsp3) is 0.417. The first-order chi connectivity index (χ1) is 8.22. The van der Waals surface area contributed by atoms with Gasteiger partial charge in [0.15, 0.2) is 0 Å². The molecule has 17 heavy (non-hydrogen) atoms. The molecule has 0 saturated carbocycles. The summed E-state index contributed by atoms with van der Waals surface area (Å²) in [7, 11) is 0. The molecule has 1 amide bonds. The number of amides is 1.